The second kappa shape index (κ2) is 4.45. The van der Waals surface area contributed by atoms with Crippen LogP contribution < -0.4 is 15.2 Å². The van der Waals surface area contributed by atoms with Crippen molar-refractivity contribution in [3.8, 4) is 11.5 Å². The molecule has 0 atom stereocenters. The highest BCUT2D eigenvalue weighted by molar-refractivity contribution is 5.77. The number of ether oxygens (including phenoxy) is 2. The van der Waals surface area contributed by atoms with Crippen molar-refractivity contribution in [1.29, 1.82) is 0 Å². The van der Waals surface area contributed by atoms with Gasteiger partial charge in [-0.3, -0.25) is 9.59 Å². The molecule has 0 radical (unpaired) electrons. The number of para-hydroxylation sites is 1. The van der Waals surface area contributed by atoms with Crippen LogP contribution in [0.2, 0.25) is 0 Å². The van der Waals surface area contributed by atoms with Crippen molar-refractivity contribution in [2.45, 2.75) is 13.8 Å². The van der Waals surface area contributed by atoms with Gasteiger partial charge in [-0.25, -0.2) is 0 Å². The standard InChI is InChI=1S/C10H11NO4/c1-6(12)14-9-5-3-4-8(11)10(9)15-7(2)13/h3-5H,11H2,1-2H3. The van der Waals surface area contributed by atoms with E-state index in [-0.39, 0.29) is 17.2 Å². The maximum Gasteiger partial charge on any atom is 0.308 e. The molecule has 0 saturated heterocycles. The first-order valence-corrected chi connectivity index (χ1v) is 4.26. The molecule has 1 aromatic carbocycles. The van der Waals surface area contributed by atoms with E-state index in [0.717, 1.165) is 0 Å². The molecule has 0 spiro atoms. The van der Waals surface area contributed by atoms with Crippen molar-refractivity contribution in [2.75, 3.05) is 5.73 Å². The van der Waals surface area contributed by atoms with Crippen LogP contribution in [0, 0.1) is 0 Å². The van der Waals surface area contributed by atoms with Gasteiger partial charge in [-0.2, -0.15) is 0 Å². The first kappa shape index (κ1) is 11.0. The van der Waals surface area contributed by atoms with Crippen molar-refractivity contribution in [1.82, 2.24) is 0 Å². The summed E-state index contributed by atoms with van der Waals surface area (Å²) in [4.78, 5) is 21.5. The zero-order valence-electron chi connectivity index (χ0n) is 8.44. The Labute approximate surface area is 86.8 Å². The molecule has 0 aliphatic rings. The fourth-order valence-corrected chi connectivity index (χ4v) is 1.02. The molecule has 0 aliphatic heterocycles. The number of nitrogen functional groups attached to an aromatic ring is 1. The zero-order chi connectivity index (χ0) is 11.4. The van der Waals surface area contributed by atoms with Crippen molar-refractivity contribution in [2.24, 2.45) is 0 Å². The summed E-state index contributed by atoms with van der Waals surface area (Å²) in [7, 11) is 0. The van der Waals surface area contributed by atoms with Crippen molar-refractivity contribution < 1.29 is 19.1 Å². The zero-order valence-corrected chi connectivity index (χ0v) is 8.44. The van der Waals surface area contributed by atoms with E-state index in [1.165, 1.54) is 19.9 Å². The van der Waals surface area contributed by atoms with E-state index in [9.17, 15) is 9.59 Å². The molecule has 5 nitrogen and oxygen atoms in total. The van der Waals surface area contributed by atoms with Crippen LogP contribution in [-0.4, -0.2) is 11.9 Å². The third-order valence-corrected chi connectivity index (χ3v) is 1.51. The number of hydrogen-bond donors (Lipinski definition) is 1. The minimum atomic E-state index is -0.527. The molecule has 0 bridgehead atoms. The second-order valence-electron chi connectivity index (χ2n) is 2.86. The van der Waals surface area contributed by atoms with Crippen LogP contribution in [0.3, 0.4) is 0 Å². The lowest BCUT2D eigenvalue weighted by molar-refractivity contribution is -0.134. The lowest BCUT2D eigenvalue weighted by Crippen LogP contribution is -2.08. The summed E-state index contributed by atoms with van der Waals surface area (Å²) in [6.45, 7) is 2.49. The Balaban J connectivity index is 3.08. The van der Waals surface area contributed by atoms with Gasteiger partial charge in [0, 0.05) is 13.8 Å². The summed E-state index contributed by atoms with van der Waals surface area (Å²) in [6, 6.07) is 4.64. The summed E-state index contributed by atoms with van der Waals surface area (Å²) in [6.07, 6.45) is 0. The van der Waals surface area contributed by atoms with Gasteiger partial charge in [-0.15, -0.1) is 0 Å². The molecular weight excluding hydrogens is 198 g/mol. The summed E-state index contributed by atoms with van der Waals surface area (Å²) in [5, 5.41) is 0. The number of esters is 2. The fraction of sp³-hybridized carbons (Fsp3) is 0.200. The molecule has 0 unspecified atom stereocenters. The first-order chi connectivity index (χ1) is 7.00. The SMILES string of the molecule is CC(=O)Oc1cccc(N)c1OC(C)=O. The Hall–Kier alpha value is -2.04. The van der Waals surface area contributed by atoms with Crippen LogP contribution in [0.15, 0.2) is 18.2 Å². The summed E-state index contributed by atoms with van der Waals surface area (Å²) < 4.78 is 9.67. The summed E-state index contributed by atoms with van der Waals surface area (Å²) >= 11 is 0. The normalized spacial score (nSPS) is 9.47. The minimum Gasteiger partial charge on any atom is -0.423 e. The van der Waals surface area contributed by atoms with Crippen LogP contribution in [0.4, 0.5) is 5.69 Å². The van der Waals surface area contributed by atoms with Crippen LogP contribution in [0.25, 0.3) is 0 Å². The van der Waals surface area contributed by atoms with E-state index in [2.05, 4.69) is 0 Å². The van der Waals surface area contributed by atoms with E-state index >= 15 is 0 Å². The topological polar surface area (TPSA) is 78.6 Å². The smallest absolute Gasteiger partial charge is 0.308 e. The molecule has 0 aromatic heterocycles. The quantitative estimate of drug-likeness (QED) is 0.448. The molecular formula is C10H11NO4. The Morgan fingerprint density at radius 2 is 1.73 bits per heavy atom. The number of rotatable bonds is 2. The van der Waals surface area contributed by atoms with Gasteiger partial charge in [0.1, 0.15) is 0 Å². The average Bonchev–Trinajstić information content (AvgIpc) is 2.09. The number of carbonyl (C=O) groups is 2. The molecule has 1 aromatic rings. The van der Waals surface area contributed by atoms with Crippen molar-refractivity contribution >= 4 is 17.6 Å². The van der Waals surface area contributed by atoms with Gasteiger partial charge in [0.15, 0.2) is 11.5 Å². The van der Waals surface area contributed by atoms with Gasteiger partial charge in [0.2, 0.25) is 0 Å². The van der Waals surface area contributed by atoms with E-state index in [4.69, 9.17) is 15.2 Å². The third kappa shape index (κ3) is 2.98. The van der Waals surface area contributed by atoms with E-state index < -0.39 is 11.9 Å². The third-order valence-electron chi connectivity index (χ3n) is 1.51. The van der Waals surface area contributed by atoms with E-state index in [1.54, 1.807) is 12.1 Å². The average molecular weight is 209 g/mol. The molecule has 2 N–H and O–H groups in total. The maximum atomic E-state index is 10.8. The lowest BCUT2D eigenvalue weighted by Gasteiger charge is -2.09. The van der Waals surface area contributed by atoms with Crippen LogP contribution in [-0.2, 0) is 9.59 Å². The molecule has 0 aliphatic carbocycles. The van der Waals surface area contributed by atoms with Gasteiger partial charge in [0.05, 0.1) is 5.69 Å². The predicted molar refractivity (Wildman–Crippen MR) is 53.5 cm³/mol. The fourth-order valence-electron chi connectivity index (χ4n) is 1.02. The van der Waals surface area contributed by atoms with Crippen molar-refractivity contribution in [3.63, 3.8) is 0 Å². The highest BCUT2D eigenvalue weighted by Crippen LogP contribution is 2.33. The Kier molecular flexibility index (Phi) is 3.28. The van der Waals surface area contributed by atoms with Gasteiger partial charge in [0.25, 0.3) is 0 Å². The van der Waals surface area contributed by atoms with Gasteiger partial charge >= 0.3 is 11.9 Å². The lowest BCUT2D eigenvalue weighted by atomic mass is 10.3. The maximum absolute atomic E-state index is 10.8. The van der Waals surface area contributed by atoms with Gasteiger partial charge in [-0.1, -0.05) is 6.07 Å². The molecule has 1 rings (SSSR count). The van der Waals surface area contributed by atoms with E-state index in [1.807, 2.05) is 0 Å². The number of anilines is 1. The molecule has 0 heterocycles. The second-order valence-corrected chi connectivity index (χ2v) is 2.86. The largest absolute Gasteiger partial charge is 0.423 e. The molecule has 5 heteroatoms. The Morgan fingerprint density at radius 3 is 2.27 bits per heavy atom. The Bertz CT molecular complexity index is 400. The monoisotopic (exact) mass is 209 g/mol. The van der Waals surface area contributed by atoms with Gasteiger partial charge in [-0.05, 0) is 12.1 Å². The van der Waals surface area contributed by atoms with Crippen LogP contribution >= 0.6 is 0 Å². The number of carbonyl (C=O) groups excluding carboxylic acids is 2. The molecule has 80 valence electrons. The molecule has 0 fully saturated rings. The molecule has 0 amide bonds. The number of hydrogen-bond acceptors (Lipinski definition) is 5. The highest BCUT2D eigenvalue weighted by atomic mass is 16.6. The predicted octanol–water partition coefficient (Wildman–Crippen LogP) is 1.12. The molecule has 0 saturated carbocycles. The summed E-state index contributed by atoms with van der Waals surface area (Å²) in [5.74, 6) is -0.826. The number of nitrogens with two attached hydrogens (primary N) is 1. The number of benzene rings is 1. The van der Waals surface area contributed by atoms with Gasteiger partial charge < -0.3 is 15.2 Å². The van der Waals surface area contributed by atoms with Crippen LogP contribution in [0.5, 0.6) is 11.5 Å². The van der Waals surface area contributed by atoms with Crippen molar-refractivity contribution in [3.05, 3.63) is 18.2 Å². The highest BCUT2D eigenvalue weighted by Gasteiger charge is 2.12. The minimum absolute atomic E-state index is 0.0696. The first-order valence-electron chi connectivity index (χ1n) is 4.26. The molecule has 15 heavy (non-hydrogen) atoms. The summed E-state index contributed by atoms with van der Waals surface area (Å²) in [5.41, 5.74) is 5.82. The Morgan fingerprint density at radius 1 is 1.13 bits per heavy atom. The van der Waals surface area contributed by atoms with E-state index in [0.29, 0.717) is 0 Å². The van der Waals surface area contributed by atoms with Crippen LogP contribution in [0.1, 0.15) is 13.8 Å².